The minimum atomic E-state index is 0.295. The first-order valence-electron chi connectivity index (χ1n) is 5.45. The molecule has 16 heavy (non-hydrogen) atoms. The van der Waals surface area contributed by atoms with Crippen LogP contribution in [-0.4, -0.2) is 22.6 Å². The van der Waals surface area contributed by atoms with Crippen molar-refractivity contribution in [3.8, 4) is 6.07 Å². The van der Waals surface area contributed by atoms with E-state index in [1.807, 2.05) is 6.92 Å². The fraction of sp³-hybridized carbons (Fsp3) is 0.545. The molecule has 0 atom stereocenters. The maximum atomic E-state index is 8.65. The number of nitrogens with zero attached hydrogens (tertiary/aromatic N) is 4. The van der Waals surface area contributed by atoms with Gasteiger partial charge < -0.3 is 10.6 Å². The molecule has 2 N–H and O–H groups in total. The number of rotatable bonds is 4. The van der Waals surface area contributed by atoms with Crippen molar-refractivity contribution in [1.82, 2.24) is 9.97 Å². The molecule has 1 fully saturated rings. The van der Waals surface area contributed by atoms with Crippen molar-refractivity contribution in [3.63, 3.8) is 0 Å². The zero-order chi connectivity index (χ0) is 11.5. The van der Waals surface area contributed by atoms with Crippen LogP contribution >= 0.6 is 0 Å². The summed E-state index contributed by atoms with van der Waals surface area (Å²) in [6.07, 6.45) is 4.60. The Balaban J connectivity index is 2.23. The van der Waals surface area contributed by atoms with Crippen LogP contribution in [0.5, 0.6) is 0 Å². The lowest BCUT2D eigenvalue weighted by atomic mass is 10.3. The fourth-order valence-corrected chi connectivity index (χ4v) is 1.76. The highest BCUT2D eigenvalue weighted by atomic mass is 15.2. The van der Waals surface area contributed by atoms with Crippen LogP contribution < -0.4 is 10.6 Å². The number of aryl methyl sites for hydroxylation is 1. The molecular weight excluding hydrogens is 202 g/mol. The second-order valence-electron chi connectivity index (χ2n) is 4.07. The lowest BCUT2D eigenvalue weighted by Crippen LogP contribution is -2.28. The summed E-state index contributed by atoms with van der Waals surface area (Å²) in [6, 6.07) is 2.70. The standard InChI is InChI=1S/C11H15N5/c1-8-7-14-11(13)15-10(8)16(6-2-5-12)9-3-4-9/h7,9H,2-4,6H2,1H3,(H2,13,14,15). The van der Waals surface area contributed by atoms with Crippen LogP contribution in [0.1, 0.15) is 24.8 Å². The average Bonchev–Trinajstić information content (AvgIpc) is 3.08. The van der Waals surface area contributed by atoms with Crippen LogP contribution in [0.25, 0.3) is 0 Å². The van der Waals surface area contributed by atoms with Crippen molar-refractivity contribution >= 4 is 11.8 Å². The Bertz CT molecular complexity index is 419. The fourth-order valence-electron chi connectivity index (χ4n) is 1.76. The summed E-state index contributed by atoms with van der Waals surface area (Å²) >= 11 is 0. The van der Waals surface area contributed by atoms with E-state index in [0.717, 1.165) is 17.9 Å². The van der Waals surface area contributed by atoms with Gasteiger partial charge in [0.15, 0.2) is 0 Å². The van der Waals surface area contributed by atoms with E-state index in [1.165, 1.54) is 12.8 Å². The van der Waals surface area contributed by atoms with Gasteiger partial charge in [-0.1, -0.05) is 0 Å². The molecule has 0 bridgehead atoms. The highest BCUT2D eigenvalue weighted by Crippen LogP contribution is 2.32. The largest absolute Gasteiger partial charge is 0.368 e. The van der Waals surface area contributed by atoms with Crippen LogP contribution in [0.2, 0.25) is 0 Å². The van der Waals surface area contributed by atoms with E-state index in [0.29, 0.717) is 18.4 Å². The maximum absolute atomic E-state index is 8.65. The molecule has 0 unspecified atom stereocenters. The highest BCUT2D eigenvalue weighted by molar-refractivity contribution is 5.50. The van der Waals surface area contributed by atoms with Crippen molar-refractivity contribution in [2.75, 3.05) is 17.2 Å². The van der Waals surface area contributed by atoms with Crippen molar-refractivity contribution in [2.45, 2.75) is 32.2 Å². The van der Waals surface area contributed by atoms with Gasteiger partial charge in [-0.15, -0.1) is 0 Å². The molecule has 5 nitrogen and oxygen atoms in total. The van der Waals surface area contributed by atoms with Crippen molar-refractivity contribution in [3.05, 3.63) is 11.8 Å². The number of aromatic nitrogens is 2. The number of hydrogen-bond acceptors (Lipinski definition) is 5. The Morgan fingerprint density at radius 2 is 2.38 bits per heavy atom. The Kier molecular flexibility index (Phi) is 2.91. The molecule has 5 heteroatoms. The first-order chi connectivity index (χ1) is 7.72. The first-order valence-corrected chi connectivity index (χ1v) is 5.45. The summed E-state index contributed by atoms with van der Waals surface area (Å²) < 4.78 is 0. The van der Waals surface area contributed by atoms with E-state index in [2.05, 4.69) is 20.9 Å². The van der Waals surface area contributed by atoms with Gasteiger partial charge in [-0.3, -0.25) is 0 Å². The molecule has 0 radical (unpaired) electrons. The Morgan fingerprint density at radius 3 is 3.00 bits per heavy atom. The molecule has 1 heterocycles. The third-order valence-corrected chi connectivity index (χ3v) is 2.69. The summed E-state index contributed by atoms with van der Waals surface area (Å²) in [4.78, 5) is 10.4. The zero-order valence-electron chi connectivity index (χ0n) is 9.35. The van der Waals surface area contributed by atoms with Gasteiger partial charge in [-0.2, -0.15) is 10.2 Å². The molecule has 1 aromatic rings. The second kappa shape index (κ2) is 4.35. The van der Waals surface area contributed by atoms with E-state index in [9.17, 15) is 0 Å². The van der Waals surface area contributed by atoms with Gasteiger partial charge in [0.25, 0.3) is 0 Å². The molecule has 0 saturated heterocycles. The summed E-state index contributed by atoms with van der Waals surface area (Å²) in [5, 5.41) is 8.65. The van der Waals surface area contributed by atoms with Crippen LogP contribution in [0.4, 0.5) is 11.8 Å². The molecule has 84 valence electrons. The van der Waals surface area contributed by atoms with Gasteiger partial charge in [0, 0.05) is 24.3 Å². The quantitative estimate of drug-likeness (QED) is 0.821. The Hall–Kier alpha value is -1.83. The number of hydrogen-bond donors (Lipinski definition) is 1. The first kappa shape index (κ1) is 10.7. The van der Waals surface area contributed by atoms with E-state index >= 15 is 0 Å². The summed E-state index contributed by atoms with van der Waals surface area (Å²) in [5.41, 5.74) is 6.61. The zero-order valence-corrected chi connectivity index (χ0v) is 9.35. The molecule has 1 aliphatic rings. The topological polar surface area (TPSA) is 78.8 Å². The number of nitrogens with two attached hydrogens (primary N) is 1. The molecule has 0 spiro atoms. The van der Waals surface area contributed by atoms with E-state index in [1.54, 1.807) is 6.20 Å². The highest BCUT2D eigenvalue weighted by Gasteiger charge is 2.30. The maximum Gasteiger partial charge on any atom is 0.221 e. The predicted molar refractivity (Wildman–Crippen MR) is 61.8 cm³/mol. The molecule has 0 aromatic carbocycles. The smallest absolute Gasteiger partial charge is 0.221 e. The molecule has 0 aliphatic heterocycles. The average molecular weight is 217 g/mol. The summed E-state index contributed by atoms with van der Waals surface area (Å²) in [6.45, 7) is 2.69. The van der Waals surface area contributed by atoms with Gasteiger partial charge in [-0.05, 0) is 19.8 Å². The molecule has 1 aromatic heterocycles. The number of anilines is 2. The van der Waals surface area contributed by atoms with E-state index < -0.39 is 0 Å². The van der Waals surface area contributed by atoms with E-state index in [-0.39, 0.29) is 0 Å². The number of nitriles is 1. The molecular formula is C11H15N5. The number of nitrogen functional groups attached to an aromatic ring is 1. The van der Waals surface area contributed by atoms with Gasteiger partial charge in [0.1, 0.15) is 5.82 Å². The molecule has 2 rings (SSSR count). The second-order valence-corrected chi connectivity index (χ2v) is 4.07. The minimum absolute atomic E-state index is 0.295. The Labute approximate surface area is 94.9 Å². The third-order valence-electron chi connectivity index (χ3n) is 2.69. The minimum Gasteiger partial charge on any atom is -0.368 e. The third kappa shape index (κ3) is 2.22. The van der Waals surface area contributed by atoms with Crippen molar-refractivity contribution in [2.24, 2.45) is 0 Å². The van der Waals surface area contributed by atoms with Gasteiger partial charge in [0.05, 0.1) is 12.5 Å². The predicted octanol–water partition coefficient (Wildman–Crippen LogP) is 1.25. The van der Waals surface area contributed by atoms with Crippen LogP contribution in [-0.2, 0) is 0 Å². The van der Waals surface area contributed by atoms with Gasteiger partial charge >= 0.3 is 0 Å². The van der Waals surface area contributed by atoms with Crippen molar-refractivity contribution < 1.29 is 0 Å². The molecule has 1 saturated carbocycles. The Morgan fingerprint density at radius 1 is 1.62 bits per heavy atom. The molecule has 1 aliphatic carbocycles. The molecule has 0 amide bonds. The van der Waals surface area contributed by atoms with Crippen molar-refractivity contribution in [1.29, 1.82) is 5.26 Å². The lowest BCUT2D eigenvalue weighted by molar-refractivity contribution is 0.772. The van der Waals surface area contributed by atoms with Gasteiger partial charge in [0.2, 0.25) is 5.95 Å². The SMILES string of the molecule is Cc1cnc(N)nc1N(CCC#N)C1CC1. The van der Waals surface area contributed by atoms with Gasteiger partial charge in [-0.25, -0.2) is 4.98 Å². The van der Waals surface area contributed by atoms with Crippen LogP contribution in [0.15, 0.2) is 6.20 Å². The normalized spacial score (nSPS) is 14.5. The van der Waals surface area contributed by atoms with Crippen LogP contribution in [0, 0.1) is 18.3 Å². The lowest BCUT2D eigenvalue weighted by Gasteiger charge is -2.23. The van der Waals surface area contributed by atoms with Crippen LogP contribution in [0.3, 0.4) is 0 Å². The summed E-state index contributed by atoms with van der Waals surface area (Å²) in [5.74, 6) is 1.17. The van der Waals surface area contributed by atoms with E-state index in [4.69, 9.17) is 11.0 Å². The monoisotopic (exact) mass is 217 g/mol. The summed E-state index contributed by atoms with van der Waals surface area (Å²) in [7, 11) is 0.